The molecule has 0 radical (unpaired) electrons. The summed E-state index contributed by atoms with van der Waals surface area (Å²) in [5.74, 6) is -0.0907. The summed E-state index contributed by atoms with van der Waals surface area (Å²) in [5, 5.41) is 14.0. The van der Waals surface area contributed by atoms with Gasteiger partial charge in [0.2, 0.25) is 5.91 Å². The zero-order valence-electron chi connectivity index (χ0n) is 18.2. The lowest BCUT2D eigenvalue weighted by Gasteiger charge is -2.14. The van der Waals surface area contributed by atoms with E-state index in [1.165, 1.54) is 11.8 Å². The van der Waals surface area contributed by atoms with Gasteiger partial charge in [-0.15, -0.1) is 0 Å². The Bertz CT molecular complexity index is 1400. The molecule has 34 heavy (non-hydrogen) atoms. The number of carbonyl (C=O) groups excluding carboxylic acids is 1. The van der Waals surface area contributed by atoms with Crippen LogP contribution in [0.5, 0.6) is 0 Å². The molecule has 1 aromatic heterocycles. The second-order valence-electron chi connectivity index (χ2n) is 7.51. The first-order chi connectivity index (χ1) is 16.5. The molecule has 0 spiro atoms. The van der Waals surface area contributed by atoms with E-state index in [0.29, 0.717) is 32.6 Å². The molecule has 0 unspecified atom stereocenters. The summed E-state index contributed by atoms with van der Waals surface area (Å²) < 4.78 is 0.814. The second kappa shape index (κ2) is 10.9. The highest BCUT2D eigenvalue weighted by Gasteiger charge is 2.18. The van der Waals surface area contributed by atoms with E-state index in [2.05, 4.69) is 27.3 Å². The van der Waals surface area contributed by atoms with Crippen LogP contribution in [0.2, 0.25) is 5.02 Å². The lowest BCUT2D eigenvalue weighted by atomic mass is 9.99. The number of thioether (sulfide) groups is 1. The molecule has 4 rings (SSSR count). The molecule has 0 saturated heterocycles. The molecule has 4 nitrogen and oxygen atoms in total. The van der Waals surface area contributed by atoms with Gasteiger partial charge < -0.3 is 5.32 Å². The maximum absolute atomic E-state index is 12.7. The number of nitrogens with zero attached hydrogens (tertiary/aromatic N) is 2. The van der Waals surface area contributed by atoms with Crippen LogP contribution in [0.1, 0.15) is 11.1 Å². The highest BCUT2D eigenvalue weighted by Crippen LogP contribution is 2.37. The monoisotopic (exact) mass is 547 g/mol. The van der Waals surface area contributed by atoms with Gasteiger partial charge in [0.25, 0.3) is 0 Å². The van der Waals surface area contributed by atoms with Crippen molar-refractivity contribution in [2.45, 2.75) is 11.9 Å². The third kappa shape index (κ3) is 5.51. The Morgan fingerprint density at radius 3 is 2.50 bits per heavy atom. The lowest BCUT2D eigenvalue weighted by molar-refractivity contribution is -0.113. The smallest absolute Gasteiger partial charge is 0.234 e. The Kier molecular flexibility index (Phi) is 7.69. The molecule has 7 heteroatoms. The highest BCUT2D eigenvalue weighted by atomic mass is 79.9. The van der Waals surface area contributed by atoms with Crippen LogP contribution in [0.4, 0.5) is 5.69 Å². The van der Waals surface area contributed by atoms with Crippen molar-refractivity contribution in [3.8, 4) is 28.5 Å². The number of rotatable bonds is 6. The molecule has 1 amide bonds. The molecular formula is C27H19BrClN3OS. The SMILES string of the molecule is Cc1ccc(NC(=O)CSc2nc(-c3ccccc3)cc(-c3ccccc3Cl)c2C#N)c(Br)c1. The minimum atomic E-state index is -0.190. The number of halogens is 2. The number of hydrogen-bond donors (Lipinski definition) is 1. The summed E-state index contributed by atoms with van der Waals surface area (Å²) in [6.45, 7) is 1.98. The first kappa shape index (κ1) is 24.0. The molecule has 4 aromatic rings. The highest BCUT2D eigenvalue weighted by molar-refractivity contribution is 9.10. The minimum absolute atomic E-state index is 0.0994. The summed E-state index contributed by atoms with van der Waals surface area (Å²) in [6.07, 6.45) is 0. The van der Waals surface area contributed by atoms with E-state index in [1.807, 2.05) is 79.7 Å². The Morgan fingerprint density at radius 1 is 1.06 bits per heavy atom. The largest absolute Gasteiger partial charge is 0.324 e. The summed E-state index contributed by atoms with van der Waals surface area (Å²) in [7, 11) is 0. The van der Waals surface area contributed by atoms with Crippen LogP contribution in [0, 0.1) is 18.3 Å². The summed E-state index contributed by atoms with van der Waals surface area (Å²) >= 11 is 11.2. The van der Waals surface area contributed by atoms with E-state index in [-0.39, 0.29) is 11.7 Å². The third-order valence-electron chi connectivity index (χ3n) is 5.07. The Labute approximate surface area is 216 Å². The van der Waals surface area contributed by atoms with Crippen LogP contribution in [0.15, 0.2) is 88.4 Å². The van der Waals surface area contributed by atoms with Gasteiger partial charge in [0.05, 0.1) is 22.7 Å². The van der Waals surface area contributed by atoms with Gasteiger partial charge in [-0.1, -0.05) is 78.0 Å². The molecule has 0 bridgehead atoms. The normalized spacial score (nSPS) is 10.5. The lowest BCUT2D eigenvalue weighted by Crippen LogP contribution is -2.14. The Morgan fingerprint density at radius 2 is 1.79 bits per heavy atom. The molecule has 3 aromatic carbocycles. The fourth-order valence-electron chi connectivity index (χ4n) is 3.42. The van der Waals surface area contributed by atoms with Gasteiger partial charge >= 0.3 is 0 Å². The maximum Gasteiger partial charge on any atom is 0.234 e. The second-order valence-corrected chi connectivity index (χ2v) is 9.74. The molecule has 1 N–H and O–H groups in total. The van der Waals surface area contributed by atoms with E-state index in [9.17, 15) is 10.1 Å². The number of amides is 1. The van der Waals surface area contributed by atoms with Crippen LogP contribution in [-0.2, 0) is 4.79 Å². The number of anilines is 1. The van der Waals surface area contributed by atoms with Crippen LogP contribution >= 0.6 is 39.3 Å². The molecular weight excluding hydrogens is 530 g/mol. The number of nitrogens with one attached hydrogen (secondary N) is 1. The predicted molar refractivity (Wildman–Crippen MR) is 143 cm³/mol. The standard InChI is InChI=1S/C27H19BrClN3OS/c1-17-11-12-24(22(28)13-17)31-26(33)16-34-27-21(15-30)20(19-9-5-6-10-23(19)29)14-25(32-27)18-7-3-2-4-8-18/h2-14H,16H2,1H3,(H,31,33). The number of carbonyl (C=O) groups is 1. The average molecular weight is 549 g/mol. The van der Waals surface area contributed by atoms with Gasteiger partial charge in [0, 0.05) is 26.2 Å². The van der Waals surface area contributed by atoms with Crippen molar-refractivity contribution in [1.82, 2.24) is 4.98 Å². The zero-order valence-corrected chi connectivity index (χ0v) is 21.3. The quantitative estimate of drug-likeness (QED) is 0.250. The minimum Gasteiger partial charge on any atom is -0.324 e. The molecule has 0 aliphatic rings. The van der Waals surface area contributed by atoms with Gasteiger partial charge in [-0.2, -0.15) is 5.26 Å². The van der Waals surface area contributed by atoms with Gasteiger partial charge in [0.15, 0.2) is 0 Å². The first-order valence-electron chi connectivity index (χ1n) is 10.4. The van der Waals surface area contributed by atoms with Crippen LogP contribution in [0.25, 0.3) is 22.4 Å². The first-order valence-corrected chi connectivity index (χ1v) is 12.6. The number of aromatic nitrogens is 1. The predicted octanol–water partition coefficient (Wildman–Crippen LogP) is 7.74. The molecule has 1 heterocycles. The van der Waals surface area contributed by atoms with Crippen molar-refractivity contribution in [3.63, 3.8) is 0 Å². The average Bonchev–Trinajstić information content (AvgIpc) is 2.85. The van der Waals surface area contributed by atoms with Crippen LogP contribution < -0.4 is 5.32 Å². The number of nitriles is 1. The van der Waals surface area contributed by atoms with E-state index in [4.69, 9.17) is 16.6 Å². The number of aryl methyl sites for hydroxylation is 1. The van der Waals surface area contributed by atoms with Crippen LogP contribution in [0.3, 0.4) is 0 Å². The summed E-state index contributed by atoms with van der Waals surface area (Å²) in [5.41, 5.74) is 5.23. The summed E-state index contributed by atoms with van der Waals surface area (Å²) in [4.78, 5) is 17.4. The number of pyridine rings is 1. The summed E-state index contributed by atoms with van der Waals surface area (Å²) in [6, 6.07) is 27.0. The van der Waals surface area contributed by atoms with E-state index in [0.717, 1.165) is 21.2 Å². The van der Waals surface area contributed by atoms with E-state index >= 15 is 0 Å². The fraction of sp³-hybridized carbons (Fsp3) is 0.0741. The molecule has 0 atom stereocenters. The van der Waals surface area contributed by atoms with Crippen molar-refractivity contribution in [1.29, 1.82) is 5.26 Å². The van der Waals surface area contributed by atoms with Crippen LogP contribution in [-0.4, -0.2) is 16.6 Å². The molecule has 0 fully saturated rings. The van der Waals surface area contributed by atoms with E-state index < -0.39 is 0 Å². The van der Waals surface area contributed by atoms with Crippen molar-refractivity contribution < 1.29 is 4.79 Å². The van der Waals surface area contributed by atoms with Crippen molar-refractivity contribution >= 4 is 50.9 Å². The number of hydrogen-bond acceptors (Lipinski definition) is 4. The molecule has 0 saturated carbocycles. The van der Waals surface area contributed by atoms with Gasteiger partial charge in [-0.05, 0) is 52.7 Å². The fourth-order valence-corrected chi connectivity index (χ4v) is 5.06. The topological polar surface area (TPSA) is 65.8 Å². The van der Waals surface area contributed by atoms with Crippen molar-refractivity contribution in [2.75, 3.05) is 11.1 Å². The molecule has 168 valence electrons. The third-order valence-corrected chi connectivity index (χ3v) is 7.03. The van der Waals surface area contributed by atoms with Gasteiger partial charge in [-0.25, -0.2) is 4.98 Å². The van der Waals surface area contributed by atoms with E-state index in [1.54, 1.807) is 6.07 Å². The maximum atomic E-state index is 12.7. The molecule has 0 aliphatic heterocycles. The van der Waals surface area contributed by atoms with Crippen molar-refractivity contribution in [2.24, 2.45) is 0 Å². The Balaban J connectivity index is 1.69. The molecule has 0 aliphatic carbocycles. The Hall–Kier alpha value is -3.11. The number of benzene rings is 3. The van der Waals surface area contributed by atoms with Gasteiger partial charge in [0.1, 0.15) is 11.1 Å². The zero-order chi connectivity index (χ0) is 24.1. The van der Waals surface area contributed by atoms with Gasteiger partial charge in [-0.3, -0.25) is 4.79 Å². The van der Waals surface area contributed by atoms with Crippen molar-refractivity contribution in [3.05, 3.63) is 99.5 Å².